The number of carbonyl (C=O) groups is 2. The van der Waals surface area contributed by atoms with E-state index in [9.17, 15) is 9.59 Å². The lowest BCUT2D eigenvalue weighted by Crippen LogP contribution is -2.13. The molecule has 140 valence electrons. The molecule has 1 aromatic heterocycles. The molecule has 5 nitrogen and oxygen atoms in total. The van der Waals surface area contributed by atoms with Gasteiger partial charge in [-0.05, 0) is 54.8 Å². The minimum atomic E-state index is -0.430. The molecule has 0 aliphatic heterocycles. The summed E-state index contributed by atoms with van der Waals surface area (Å²) in [5, 5.41) is 0. The van der Waals surface area contributed by atoms with Crippen LogP contribution in [0.25, 0.3) is 10.2 Å². The lowest BCUT2D eigenvalue weighted by atomic mass is 10.1. The molecule has 0 spiro atoms. The number of aryl methyl sites for hydroxylation is 2. The van der Waals surface area contributed by atoms with Gasteiger partial charge >= 0.3 is 5.97 Å². The summed E-state index contributed by atoms with van der Waals surface area (Å²) in [5.41, 5.74) is 3.21. The van der Waals surface area contributed by atoms with Gasteiger partial charge in [0.05, 0.1) is 22.9 Å². The maximum Gasteiger partial charge on any atom is 0.337 e. The van der Waals surface area contributed by atoms with Crippen molar-refractivity contribution < 1.29 is 14.3 Å². The number of carbonyl (C=O) groups excluding carboxylic acids is 2. The maximum absolute atomic E-state index is 12.5. The van der Waals surface area contributed by atoms with E-state index in [0.29, 0.717) is 15.9 Å². The first-order valence-electron chi connectivity index (χ1n) is 8.89. The minimum Gasteiger partial charge on any atom is -0.465 e. The number of hydrogen-bond donors (Lipinski definition) is 0. The highest BCUT2D eigenvalue weighted by Gasteiger charge is 2.10. The molecule has 0 bridgehead atoms. The number of aromatic nitrogens is 1. The van der Waals surface area contributed by atoms with Crippen LogP contribution in [0.15, 0.2) is 47.5 Å². The Morgan fingerprint density at radius 1 is 1.11 bits per heavy atom. The normalized spacial score (nSPS) is 11.7. The third kappa shape index (κ3) is 4.17. The molecule has 3 aromatic rings. The molecule has 0 radical (unpaired) electrons. The predicted molar refractivity (Wildman–Crippen MR) is 107 cm³/mol. The second-order valence-electron chi connectivity index (χ2n) is 6.34. The quantitative estimate of drug-likeness (QED) is 0.624. The average molecular weight is 382 g/mol. The monoisotopic (exact) mass is 382 g/mol. The zero-order chi connectivity index (χ0) is 19.4. The second kappa shape index (κ2) is 8.31. The first-order valence-corrected chi connectivity index (χ1v) is 9.71. The van der Waals surface area contributed by atoms with E-state index in [1.807, 2.05) is 11.6 Å². The molecule has 0 unspecified atom stereocenters. The first-order chi connectivity index (χ1) is 13.0. The first kappa shape index (κ1) is 19.0. The van der Waals surface area contributed by atoms with Gasteiger partial charge in [-0.2, -0.15) is 4.99 Å². The van der Waals surface area contributed by atoms with Crippen molar-refractivity contribution in [1.82, 2.24) is 4.57 Å². The van der Waals surface area contributed by atoms with E-state index in [4.69, 9.17) is 0 Å². The van der Waals surface area contributed by atoms with Gasteiger partial charge in [-0.1, -0.05) is 30.7 Å². The smallest absolute Gasteiger partial charge is 0.337 e. The van der Waals surface area contributed by atoms with Crippen LogP contribution in [0, 0.1) is 0 Å². The summed E-state index contributed by atoms with van der Waals surface area (Å²) in [6.07, 6.45) is 3.40. The molecule has 0 N–H and O–H groups in total. The molecule has 2 aromatic carbocycles. The predicted octanol–water partition coefficient (Wildman–Crippen LogP) is 4.11. The van der Waals surface area contributed by atoms with E-state index >= 15 is 0 Å². The van der Waals surface area contributed by atoms with Gasteiger partial charge in [0.1, 0.15) is 0 Å². The van der Waals surface area contributed by atoms with Crippen LogP contribution >= 0.6 is 11.3 Å². The largest absolute Gasteiger partial charge is 0.465 e. The van der Waals surface area contributed by atoms with Gasteiger partial charge < -0.3 is 9.30 Å². The molecule has 0 saturated carbocycles. The maximum atomic E-state index is 12.5. The highest BCUT2D eigenvalue weighted by Crippen LogP contribution is 2.20. The number of amides is 1. The van der Waals surface area contributed by atoms with Gasteiger partial charge in [0.2, 0.25) is 0 Å². The van der Waals surface area contributed by atoms with Crippen LogP contribution in [0.3, 0.4) is 0 Å². The molecule has 0 fully saturated rings. The Morgan fingerprint density at radius 2 is 1.81 bits per heavy atom. The molecular formula is C21H22N2O3S. The standard InChI is InChI=1S/C21H22N2O3S/c1-4-5-6-14-7-12-17-18(13-14)27-21(23(17)2)22-19(24)15-8-10-16(11-9-15)20(25)26-3/h7-13H,4-6H2,1-3H3. The highest BCUT2D eigenvalue weighted by atomic mass is 32.1. The molecule has 1 amide bonds. The van der Waals surface area contributed by atoms with E-state index in [1.165, 1.54) is 36.9 Å². The molecule has 6 heteroatoms. The molecule has 27 heavy (non-hydrogen) atoms. The Bertz CT molecular complexity index is 1050. The van der Waals surface area contributed by atoms with E-state index in [0.717, 1.165) is 16.6 Å². The third-order valence-corrected chi connectivity index (χ3v) is 5.54. The van der Waals surface area contributed by atoms with Crippen LogP contribution in [0.1, 0.15) is 46.0 Å². The van der Waals surface area contributed by atoms with Crippen LogP contribution in [-0.2, 0) is 18.2 Å². The van der Waals surface area contributed by atoms with Crippen LogP contribution in [0.4, 0.5) is 0 Å². The van der Waals surface area contributed by atoms with Gasteiger partial charge in [-0.15, -0.1) is 0 Å². The molecular weight excluding hydrogens is 360 g/mol. The lowest BCUT2D eigenvalue weighted by molar-refractivity contribution is 0.0600. The molecule has 0 atom stereocenters. The van der Waals surface area contributed by atoms with Crippen LogP contribution < -0.4 is 4.80 Å². The van der Waals surface area contributed by atoms with E-state index in [2.05, 4.69) is 34.9 Å². The number of benzene rings is 2. The zero-order valence-electron chi connectivity index (χ0n) is 15.7. The van der Waals surface area contributed by atoms with Crippen molar-refractivity contribution in [3.8, 4) is 0 Å². The van der Waals surface area contributed by atoms with Crippen molar-refractivity contribution in [2.75, 3.05) is 7.11 Å². The fourth-order valence-corrected chi connectivity index (χ4v) is 3.92. The molecule has 0 aliphatic carbocycles. The van der Waals surface area contributed by atoms with Crippen molar-refractivity contribution >= 4 is 33.4 Å². The highest BCUT2D eigenvalue weighted by molar-refractivity contribution is 7.16. The van der Waals surface area contributed by atoms with Gasteiger partial charge in [-0.3, -0.25) is 4.79 Å². The number of nitrogens with zero attached hydrogens (tertiary/aromatic N) is 2. The number of methoxy groups -OCH3 is 1. The third-order valence-electron chi connectivity index (χ3n) is 4.44. The summed E-state index contributed by atoms with van der Waals surface area (Å²) in [6, 6.07) is 12.7. The Morgan fingerprint density at radius 3 is 2.48 bits per heavy atom. The van der Waals surface area contributed by atoms with Crippen LogP contribution in [-0.4, -0.2) is 23.6 Å². The molecule has 0 saturated heterocycles. The Labute approximate surface area is 161 Å². The minimum absolute atomic E-state index is 0.334. The Kier molecular flexibility index (Phi) is 5.86. The van der Waals surface area contributed by atoms with Gasteiger partial charge in [-0.25, -0.2) is 4.79 Å². The van der Waals surface area contributed by atoms with Gasteiger partial charge in [0.15, 0.2) is 4.80 Å². The van der Waals surface area contributed by atoms with Crippen molar-refractivity contribution in [1.29, 1.82) is 0 Å². The van der Waals surface area contributed by atoms with E-state index in [1.54, 1.807) is 24.3 Å². The van der Waals surface area contributed by atoms with Gasteiger partial charge in [0, 0.05) is 12.6 Å². The number of rotatable bonds is 5. The summed E-state index contributed by atoms with van der Waals surface area (Å²) in [4.78, 5) is 28.9. The Hall–Kier alpha value is -2.73. The second-order valence-corrected chi connectivity index (χ2v) is 7.34. The topological polar surface area (TPSA) is 60.7 Å². The fraction of sp³-hybridized carbons (Fsp3) is 0.286. The van der Waals surface area contributed by atoms with Crippen LogP contribution in [0.5, 0.6) is 0 Å². The number of thiazole rings is 1. The number of esters is 1. The van der Waals surface area contributed by atoms with E-state index in [-0.39, 0.29) is 5.91 Å². The van der Waals surface area contributed by atoms with Crippen molar-refractivity contribution in [2.45, 2.75) is 26.2 Å². The average Bonchev–Trinajstić information content (AvgIpc) is 3.00. The number of unbranched alkanes of at least 4 members (excludes halogenated alkanes) is 1. The lowest BCUT2D eigenvalue weighted by Gasteiger charge is -2.01. The van der Waals surface area contributed by atoms with Crippen LogP contribution in [0.2, 0.25) is 0 Å². The summed E-state index contributed by atoms with van der Waals surface area (Å²) in [5.74, 6) is -0.763. The number of fused-ring (bicyclic) bond motifs is 1. The SMILES string of the molecule is CCCCc1ccc2c(c1)sc(=NC(=O)c1ccc(C(=O)OC)cc1)n2C. The summed E-state index contributed by atoms with van der Waals surface area (Å²) >= 11 is 1.51. The van der Waals surface area contributed by atoms with Crippen molar-refractivity contribution in [3.05, 3.63) is 64.0 Å². The number of ether oxygens (including phenoxy) is 1. The van der Waals surface area contributed by atoms with Crippen molar-refractivity contribution in [3.63, 3.8) is 0 Å². The molecule has 0 aliphatic rings. The van der Waals surface area contributed by atoms with Gasteiger partial charge in [0.25, 0.3) is 5.91 Å². The number of hydrogen-bond acceptors (Lipinski definition) is 4. The summed E-state index contributed by atoms with van der Waals surface area (Å²) < 4.78 is 7.73. The molecule has 3 rings (SSSR count). The molecule has 1 heterocycles. The summed E-state index contributed by atoms with van der Waals surface area (Å²) in [6.45, 7) is 2.18. The zero-order valence-corrected chi connectivity index (χ0v) is 16.5. The van der Waals surface area contributed by atoms with Crippen molar-refractivity contribution in [2.24, 2.45) is 12.0 Å². The van der Waals surface area contributed by atoms with E-state index < -0.39 is 5.97 Å². The summed E-state index contributed by atoms with van der Waals surface area (Å²) in [7, 11) is 3.24. The fourth-order valence-electron chi connectivity index (χ4n) is 2.84. The Balaban J connectivity index is 1.91.